The molecule has 0 fully saturated rings. The van der Waals surface area contributed by atoms with E-state index in [9.17, 15) is 17.6 Å². The van der Waals surface area contributed by atoms with Crippen molar-refractivity contribution >= 4 is 21.6 Å². The molecule has 3 aromatic carbocycles. The highest BCUT2D eigenvalue weighted by atomic mass is 32.2. The van der Waals surface area contributed by atoms with Crippen LogP contribution in [0.25, 0.3) is 0 Å². The van der Waals surface area contributed by atoms with Gasteiger partial charge in [0, 0.05) is 0 Å². The number of benzene rings is 3. The summed E-state index contributed by atoms with van der Waals surface area (Å²) in [7, 11) is -3.80. The van der Waals surface area contributed by atoms with Crippen LogP contribution in [0.4, 0.5) is 10.1 Å². The van der Waals surface area contributed by atoms with Gasteiger partial charge in [0.1, 0.15) is 11.9 Å². The Labute approximate surface area is 182 Å². The summed E-state index contributed by atoms with van der Waals surface area (Å²) in [5.41, 5.74) is 3.07. The molecule has 0 saturated heterocycles. The molecular formula is C24H25FN2O3S. The second-order valence-corrected chi connectivity index (χ2v) is 9.33. The first-order chi connectivity index (χ1) is 14.7. The van der Waals surface area contributed by atoms with Gasteiger partial charge >= 0.3 is 0 Å². The van der Waals surface area contributed by atoms with E-state index in [0.717, 1.165) is 39.4 Å². The predicted molar refractivity (Wildman–Crippen MR) is 121 cm³/mol. The summed E-state index contributed by atoms with van der Waals surface area (Å²) in [6.45, 7) is 3.49. The maximum Gasteiger partial charge on any atom is 0.244 e. The number of amides is 1. The van der Waals surface area contributed by atoms with E-state index in [4.69, 9.17) is 0 Å². The zero-order valence-electron chi connectivity index (χ0n) is 17.6. The number of sulfonamides is 1. The molecule has 0 aliphatic carbocycles. The van der Waals surface area contributed by atoms with Crippen molar-refractivity contribution in [3.8, 4) is 0 Å². The Bertz CT molecular complexity index is 1130. The zero-order chi connectivity index (χ0) is 22.6. The Kier molecular flexibility index (Phi) is 6.75. The van der Waals surface area contributed by atoms with Crippen molar-refractivity contribution in [2.75, 3.05) is 10.6 Å². The molecule has 0 heterocycles. The topological polar surface area (TPSA) is 66.5 Å². The second kappa shape index (κ2) is 9.31. The summed E-state index contributed by atoms with van der Waals surface area (Å²) < 4.78 is 39.3. The highest BCUT2D eigenvalue weighted by molar-refractivity contribution is 7.92. The average Bonchev–Trinajstić information content (AvgIpc) is 2.74. The SMILES string of the molecule is Cc1ccc(C(NC(=O)C(C)N(c2ccc(F)cc2)S(C)(=O)=O)c2ccccc2)cc1. The smallest absolute Gasteiger partial charge is 0.244 e. The van der Waals surface area contributed by atoms with Crippen LogP contribution in [0.2, 0.25) is 0 Å². The van der Waals surface area contributed by atoms with Gasteiger partial charge in [0.2, 0.25) is 15.9 Å². The second-order valence-electron chi connectivity index (χ2n) is 7.47. The molecule has 0 saturated carbocycles. The van der Waals surface area contributed by atoms with Crippen molar-refractivity contribution < 1.29 is 17.6 Å². The van der Waals surface area contributed by atoms with Crippen molar-refractivity contribution in [2.45, 2.75) is 25.9 Å². The quantitative estimate of drug-likeness (QED) is 0.599. The molecule has 0 spiro atoms. The van der Waals surface area contributed by atoms with Gasteiger partial charge in [-0.1, -0.05) is 60.2 Å². The van der Waals surface area contributed by atoms with E-state index < -0.39 is 33.8 Å². The number of carbonyl (C=O) groups excluding carboxylic acids is 1. The highest BCUT2D eigenvalue weighted by Gasteiger charge is 2.31. The Balaban J connectivity index is 1.94. The molecule has 1 amide bonds. The van der Waals surface area contributed by atoms with E-state index >= 15 is 0 Å². The van der Waals surface area contributed by atoms with Crippen LogP contribution >= 0.6 is 0 Å². The van der Waals surface area contributed by atoms with Crippen LogP contribution in [0.5, 0.6) is 0 Å². The third kappa shape index (κ3) is 5.49. The number of anilines is 1. The van der Waals surface area contributed by atoms with Gasteiger partial charge in [0.25, 0.3) is 0 Å². The summed E-state index contributed by atoms with van der Waals surface area (Å²) in [5.74, 6) is -0.956. The van der Waals surface area contributed by atoms with Crippen molar-refractivity contribution in [1.82, 2.24) is 5.32 Å². The maximum atomic E-state index is 13.3. The predicted octanol–water partition coefficient (Wildman–Crippen LogP) is 4.19. The van der Waals surface area contributed by atoms with Crippen molar-refractivity contribution in [3.63, 3.8) is 0 Å². The van der Waals surface area contributed by atoms with Gasteiger partial charge in [-0.15, -0.1) is 0 Å². The summed E-state index contributed by atoms with van der Waals surface area (Å²) in [6, 6.07) is 20.8. The van der Waals surface area contributed by atoms with Crippen LogP contribution < -0.4 is 9.62 Å². The fraction of sp³-hybridized carbons (Fsp3) is 0.208. The van der Waals surface area contributed by atoms with Crippen LogP contribution in [0.3, 0.4) is 0 Å². The fourth-order valence-corrected chi connectivity index (χ4v) is 4.60. The van der Waals surface area contributed by atoms with Crippen molar-refractivity contribution in [1.29, 1.82) is 0 Å². The lowest BCUT2D eigenvalue weighted by atomic mass is 9.97. The van der Waals surface area contributed by atoms with E-state index in [1.807, 2.05) is 61.5 Å². The van der Waals surface area contributed by atoms with E-state index in [1.54, 1.807) is 0 Å². The molecule has 0 radical (unpaired) electrons. The summed E-state index contributed by atoms with van der Waals surface area (Å²) in [5, 5.41) is 2.98. The molecule has 31 heavy (non-hydrogen) atoms. The molecular weight excluding hydrogens is 415 g/mol. The number of carbonyl (C=O) groups is 1. The minimum atomic E-state index is -3.80. The molecule has 5 nitrogen and oxygen atoms in total. The van der Waals surface area contributed by atoms with E-state index in [2.05, 4.69) is 5.32 Å². The lowest BCUT2D eigenvalue weighted by Gasteiger charge is -2.30. The molecule has 7 heteroatoms. The van der Waals surface area contributed by atoms with E-state index in [0.29, 0.717) is 0 Å². The van der Waals surface area contributed by atoms with Crippen LogP contribution in [-0.2, 0) is 14.8 Å². The Morgan fingerprint density at radius 1 is 0.903 bits per heavy atom. The molecule has 162 valence electrons. The molecule has 0 aliphatic heterocycles. The first-order valence-electron chi connectivity index (χ1n) is 9.83. The molecule has 3 rings (SSSR count). The van der Waals surface area contributed by atoms with Gasteiger partial charge in [-0.25, -0.2) is 12.8 Å². The van der Waals surface area contributed by atoms with Crippen molar-refractivity contribution in [2.24, 2.45) is 0 Å². The summed E-state index contributed by atoms with van der Waals surface area (Å²) in [4.78, 5) is 13.2. The van der Waals surface area contributed by atoms with Gasteiger partial charge in [-0.05, 0) is 49.2 Å². The van der Waals surface area contributed by atoms with E-state index in [1.165, 1.54) is 19.1 Å². The number of nitrogens with zero attached hydrogens (tertiary/aromatic N) is 1. The Morgan fingerprint density at radius 3 is 2.00 bits per heavy atom. The minimum absolute atomic E-state index is 0.221. The normalized spacial score (nSPS) is 13.3. The van der Waals surface area contributed by atoms with Gasteiger partial charge in [0.05, 0.1) is 18.0 Å². The lowest BCUT2D eigenvalue weighted by molar-refractivity contribution is -0.122. The number of aryl methyl sites for hydroxylation is 1. The van der Waals surface area contributed by atoms with Gasteiger partial charge in [0.15, 0.2) is 0 Å². The number of halogens is 1. The molecule has 2 atom stereocenters. The van der Waals surface area contributed by atoms with Crippen LogP contribution in [-0.4, -0.2) is 26.6 Å². The zero-order valence-corrected chi connectivity index (χ0v) is 18.4. The maximum absolute atomic E-state index is 13.3. The number of rotatable bonds is 7. The highest BCUT2D eigenvalue weighted by Crippen LogP contribution is 2.25. The summed E-state index contributed by atoms with van der Waals surface area (Å²) >= 11 is 0. The van der Waals surface area contributed by atoms with Crippen molar-refractivity contribution in [3.05, 3.63) is 101 Å². The van der Waals surface area contributed by atoms with Gasteiger partial charge < -0.3 is 5.32 Å². The standard InChI is InChI=1S/C24H25FN2O3S/c1-17-9-11-20(12-10-17)23(19-7-5-4-6-8-19)26-24(28)18(2)27(31(3,29)30)22-15-13-21(25)14-16-22/h4-16,18,23H,1-3H3,(H,26,28). The average molecular weight is 441 g/mol. The molecule has 0 aromatic heterocycles. The molecule has 0 bridgehead atoms. The minimum Gasteiger partial charge on any atom is -0.343 e. The fourth-order valence-electron chi connectivity index (χ4n) is 3.42. The molecule has 3 aromatic rings. The van der Waals surface area contributed by atoms with Gasteiger partial charge in [-0.3, -0.25) is 9.10 Å². The number of nitrogens with one attached hydrogen (secondary N) is 1. The van der Waals surface area contributed by atoms with E-state index in [-0.39, 0.29) is 5.69 Å². The summed E-state index contributed by atoms with van der Waals surface area (Å²) in [6.07, 6.45) is 1.02. The van der Waals surface area contributed by atoms with Crippen LogP contribution in [0.15, 0.2) is 78.9 Å². The molecule has 2 unspecified atom stereocenters. The monoisotopic (exact) mass is 440 g/mol. The Morgan fingerprint density at radius 2 is 1.45 bits per heavy atom. The van der Waals surface area contributed by atoms with Gasteiger partial charge in [-0.2, -0.15) is 0 Å². The molecule has 1 N–H and O–H groups in total. The third-order valence-electron chi connectivity index (χ3n) is 5.00. The first-order valence-corrected chi connectivity index (χ1v) is 11.7. The largest absolute Gasteiger partial charge is 0.343 e. The van der Waals surface area contributed by atoms with Crippen LogP contribution in [0.1, 0.15) is 29.7 Å². The Hall–Kier alpha value is -3.19. The van der Waals surface area contributed by atoms with Crippen LogP contribution in [0, 0.1) is 12.7 Å². The first kappa shape index (κ1) is 22.5. The third-order valence-corrected chi connectivity index (χ3v) is 6.24. The molecule has 0 aliphatic rings. The number of hydrogen-bond acceptors (Lipinski definition) is 3. The number of hydrogen-bond donors (Lipinski definition) is 1. The lowest BCUT2D eigenvalue weighted by Crippen LogP contribution is -2.48.